The van der Waals surface area contributed by atoms with Crippen LogP contribution in [0.15, 0.2) is 36.4 Å². The van der Waals surface area contributed by atoms with Crippen LogP contribution in [0.25, 0.3) is 11.3 Å². The molecule has 4 rings (SSSR count). The normalized spacial score (nSPS) is 23.2. The van der Waals surface area contributed by atoms with Crippen LogP contribution in [-0.2, 0) is 16.0 Å². The first-order chi connectivity index (χ1) is 12.2. The van der Waals surface area contributed by atoms with Gasteiger partial charge in [-0.1, -0.05) is 30.3 Å². The number of benzene rings is 1. The maximum absolute atomic E-state index is 6.17. The van der Waals surface area contributed by atoms with Crippen LogP contribution in [-0.4, -0.2) is 53.6 Å². The molecular weight excluding hydrogens is 314 g/mol. The quantitative estimate of drug-likeness (QED) is 0.927. The maximum atomic E-state index is 6.17. The standard InChI is InChI=1S/C20H27N3O2/c1-23(18-7-10-25-20(14-18)8-11-24-12-9-20)15-17-13-19(22-21-17)16-5-3-2-4-6-16/h2-6,13,18H,7-12,14-15H2,1H3,(H,21,22). The Morgan fingerprint density at radius 2 is 2.00 bits per heavy atom. The van der Waals surface area contributed by atoms with Gasteiger partial charge in [0.2, 0.25) is 0 Å². The summed E-state index contributed by atoms with van der Waals surface area (Å²) in [5, 5.41) is 7.68. The molecule has 3 heterocycles. The summed E-state index contributed by atoms with van der Waals surface area (Å²) in [5.74, 6) is 0. The van der Waals surface area contributed by atoms with Crippen LogP contribution in [0.2, 0.25) is 0 Å². The smallest absolute Gasteiger partial charge is 0.0924 e. The van der Waals surface area contributed by atoms with Crippen LogP contribution >= 0.6 is 0 Å². The lowest BCUT2D eigenvalue weighted by Crippen LogP contribution is -2.50. The molecule has 0 aliphatic carbocycles. The summed E-state index contributed by atoms with van der Waals surface area (Å²) in [6.45, 7) is 3.40. The van der Waals surface area contributed by atoms with Crippen molar-refractivity contribution in [2.75, 3.05) is 26.9 Å². The lowest BCUT2D eigenvalue weighted by Gasteiger charge is -2.45. The van der Waals surface area contributed by atoms with Gasteiger partial charge in [-0.2, -0.15) is 5.10 Å². The monoisotopic (exact) mass is 341 g/mol. The fourth-order valence-corrected chi connectivity index (χ4v) is 4.07. The summed E-state index contributed by atoms with van der Waals surface area (Å²) >= 11 is 0. The predicted octanol–water partition coefficient (Wildman–Crippen LogP) is 3.24. The number of hydrogen-bond donors (Lipinski definition) is 1. The Bertz CT molecular complexity index is 674. The SMILES string of the molecule is CN(Cc1cc(-c2ccccc2)n[nH]1)C1CCOC2(CCOCC2)C1. The summed E-state index contributed by atoms with van der Waals surface area (Å²) in [6, 6.07) is 13.0. The van der Waals surface area contributed by atoms with Gasteiger partial charge in [0.15, 0.2) is 0 Å². The first-order valence-electron chi connectivity index (χ1n) is 9.26. The molecule has 1 aromatic carbocycles. The first kappa shape index (κ1) is 16.8. The van der Waals surface area contributed by atoms with Crippen LogP contribution in [0.3, 0.4) is 0 Å². The van der Waals surface area contributed by atoms with Gasteiger partial charge < -0.3 is 9.47 Å². The Hall–Kier alpha value is -1.69. The minimum absolute atomic E-state index is 0.0403. The van der Waals surface area contributed by atoms with E-state index in [4.69, 9.17) is 9.47 Å². The third kappa shape index (κ3) is 3.78. The number of hydrogen-bond acceptors (Lipinski definition) is 4. The molecule has 1 N–H and O–H groups in total. The predicted molar refractivity (Wildman–Crippen MR) is 97.2 cm³/mol. The number of H-pyrrole nitrogens is 1. The lowest BCUT2D eigenvalue weighted by molar-refractivity contribution is -0.150. The molecule has 1 atom stereocenters. The average molecular weight is 341 g/mol. The molecule has 1 spiro atoms. The first-order valence-corrected chi connectivity index (χ1v) is 9.26. The number of ether oxygens (including phenoxy) is 2. The zero-order valence-electron chi connectivity index (χ0n) is 14.9. The highest BCUT2D eigenvalue weighted by Gasteiger charge is 2.40. The van der Waals surface area contributed by atoms with Gasteiger partial charge in [-0.05, 0) is 38.8 Å². The number of rotatable bonds is 4. The Morgan fingerprint density at radius 3 is 2.80 bits per heavy atom. The van der Waals surface area contributed by atoms with E-state index >= 15 is 0 Å². The van der Waals surface area contributed by atoms with E-state index in [1.807, 2.05) is 18.2 Å². The van der Waals surface area contributed by atoms with E-state index in [9.17, 15) is 0 Å². The van der Waals surface area contributed by atoms with Crippen molar-refractivity contribution >= 4 is 0 Å². The van der Waals surface area contributed by atoms with Crippen molar-refractivity contribution in [1.29, 1.82) is 0 Å². The van der Waals surface area contributed by atoms with Crippen molar-refractivity contribution in [2.24, 2.45) is 0 Å². The molecule has 0 amide bonds. The summed E-state index contributed by atoms with van der Waals surface area (Å²) in [7, 11) is 2.21. The third-order valence-electron chi connectivity index (χ3n) is 5.61. The van der Waals surface area contributed by atoms with Gasteiger partial charge in [-0.3, -0.25) is 10.00 Å². The summed E-state index contributed by atoms with van der Waals surface area (Å²) in [4.78, 5) is 2.45. The molecule has 0 radical (unpaired) electrons. The highest BCUT2D eigenvalue weighted by Crippen LogP contribution is 2.36. The van der Waals surface area contributed by atoms with Gasteiger partial charge >= 0.3 is 0 Å². The molecule has 2 aliphatic heterocycles. The molecule has 2 saturated heterocycles. The molecule has 25 heavy (non-hydrogen) atoms. The number of nitrogens with zero attached hydrogens (tertiary/aromatic N) is 2. The summed E-state index contributed by atoms with van der Waals surface area (Å²) in [6.07, 6.45) is 4.25. The second-order valence-corrected chi connectivity index (χ2v) is 7.35. The molecule has 0 bridgehead atoms. The second-order valence-electron chi connectivity index (χ2n) is 7.35. The summed E-state index contributed by atoms with van der Waals surface area (Å²) in [5.41, 5.74) is 3.36. The zero-order chi connectivity index (χ0) is 17.1. The summed E-state index contributed by atoms with van der Waals surface area (Å²) < 4.78 is 11.7. The second kappa shape index (κ2) is 7.28. The Balaban J connectivity index is 1.40. The fraction of sp³-hybridized carbons (Fsp3) is 0.550. The lowest BCUT2D eigenvalue weighted by atomic mass is 9.83. The highest BCUT2D eigenvalue weighted by atomic mass is 16.5. The minimum atomic E-state index is 0.0403. The van der Waals surface area contributed by atoms with E-state index in [1.165, 1.54) is 0 Å². The topological polar surface area (TPSA) is 50.4 Å². The minimum Gasteiger partial charge on any atom is -0.381 e. The van der Waals surface area contributed by atoms with Gasteiger partial charge in [-0.15, -0.1) is 0 Å². The Kier molecular flexibility index (Phi) is 4.88. The van der Waals surface area contributed by atoms with Gasteiger partial charge in [0, 0.05) is 43.7 Å². The molecule has 2 aromatic rings. The van der Waals surface area contributed by atoms with E-state index in [2.05, 4.69) is 40.3 Å². The number of aromatic nitrogens is 2. The Labute approximate surface area is 149 Å². The van der Waals surface area contributed by atoms with Gasteiger partial charge in [0.05, 0.1) is 11.3 Å². The third-order valence-corrected chi connectivity index (χ3v) is 5.61. The molecule has 1 aromatic heterocycles. The van der Waals surface area contributed by atoms with E-state index in [1.54, 1.807) is 0 Å². The van der Waals surface area contributed by atoms with Crippen molar-refractivity contribution in [3.05, 3.63) is 42.1 Å². The van der Waals surface area contributed by atoms with Gasteiger partial charge in [0.25, 0.3) is 0 Å². The fourth-order valence-electron chi connectivity index (χ4n) is 4.07. The molecular formula is C20H27N3O2. The van der Waals surface area contributed by atoms with E-state index in [0.717, 1.165) is 69.0 Å². The van der Waals surface area contributed by atoms with Gasteiger partial charge in [0.1, 0.15) is 0 Å². The zero-order valence-corrected chi connectivity index (χ0v) is 14.9. The molecule has 2 fully saturated rings. The van der Waals surface area contributed by atoms with Crippen LogP contribution in [0, 0.1) is 0 Å². The Morgan fingerprint density at radius 1 is 1.20 bits per heavy atom. The van der Waals surface area contributed by atoms with Crippen molar-refractivity contribution in [1.82, 2.24) is 15.1 Å². The van der Waals surface area contributed by atoms with Crippen LogP contribution in [0.5, 0.6) is 0 Å². The molecule has 0 saturated carbocycles. The van der Waals surface area contributed by atoms with E-state index in [0.29, 0.717) is 6.04 Å². The maximum Gasteiger partial charge on any atom is 0.0924 e. The van der Waals surface area contributed by atoms with Crippen LogP contribution < -0.4 is 0 Å². The highest BCUT2D eigenvalue weighted by molar-refractivity contribution is 5.58. The van der Waals surface area contributed by atoms with Crippen molar-refractivity contribution in [3.63, 3.8) is 0 Å². The van der Waals surface area contributed by atoms with E-state index in [-0.39, 0.29) is 5.60 Å². The van der Waals surface area contributed by atoms with Crippen LogP contribution in [0.4, 0.5) is 0 Å². The molecule has 134 valence electrons. The molecule has 5 heteroatoms. The van der Waals surface area contributed by atoms with Crippen molar-refractivity contribution in [2.45, 2.75) is 43.9 Å². The largest absolute Gasteiger partial charge is 0.381 e. The average Bonchev–Trinajstić information content (AvgIpc) is 3.12. The molecule has 5 nitrogen and oxygen atoms in total. The van der Waals surface area contributed by atoms with Crippen molar-refractivity contribution in [3.8, 4) is 11.3 Å². The number of nitrogens with one attached hydrogen (secondary N) is 1. The number of aromatic amines is 1. The van der Waals surface area contributed by atoms with Crippen molar-refractivity contribution < 1.29 is 9.47 Å². The van der Waals surface area contributed by atoms with E-state index < -0.39 is 0 Å². The van der Waals surface area contributed by atoms with Gasteiger partial charge in [-0.25, -0.2) is 0 Å². The van der Waals surface area contributed by atoms with Crippen LogP contribution in [0.1, 0.15) is 31.4 Å². The molecule has 1 unspecified atom stereocenters. The molecule has 2 aliphatic rings.